The first-order valence-corrected chi connectivity index (χ1v) is 10.3. The molecule has 8 nitrogen and oxygen atoms in total. The number of hydrogen-bond acceptors (Lipinski definition) is 5. The smallest absolute Gasteiger partial charge is 0.410 e. The molecular weight excluding hydrogens is 360 g/mol. The van der Waals surface area contributed by atoms with Crippen LogP contribution >= 0.6 is 0 Å². The fourth-order valence-electron chi connectivity index (χ4n) is 2.78. The van der Waals surface area contributed by atoms with Gasteiger partial charge in [-0.25, -0.2) is 4.79 Å². The molecule has 1 aliphatic heterocycles. The SMILES string of the molecule is CN=C(NCCCOCC1CCOC1)NCC(C)CN(C)C(=O)OC(C)(C)C. The highest BCUT2D eigenvalue weighted by Gasteiger charge is 2.20. The Morgan fingerprint density at radius 1 is 1.36 bits per heavy atom. The Hall–Kier alpha value is -1.54. The van der Waals surface area contributed by atoms with Gasteiger partial charge < -0.3 is 29.7 Å². The van der Waals surface area contributed by atoms with Crippen molar-refractivity contribution < 1.29 is 19.0 Å². The maximum atomic E-state index is 12.0. The molecule has 8 heteroatoms. The van der Waals surface area contributed by atoms with Crippen molar-refractivity contribution in [3.63, 3.8) is 0 Å². The summed E-state index contributed by atoms with van der Waals surface area (Å²) in [6, 6.07) is 0. The fraction of sp³-hybridized carbons (Fsp3) is 0.900. The number of amides is 1. The molecule has 1 amide bonds. The average molecular weight is 401 g/mol. The Kier molecular flexibility index (Phi) is 11.2. The van der Waals surface area contributed by atoms with E-state index >= 15 is 0 Å². The maximum Gasteiger partial charge on any atom is 0.410 e. The van der Waals surface area contributed by atoms with E-state index < -0.39 is 5.60 Å². The summed E-state index contributed by atoms with van der Waals surface area (Å²) in [6.07, 6.45) is 1.73. The lowest BCUT2D eigenvalue weighted by molar-refractivity contribution is 0.0278. The molecule has 164 valence electrons. The van der Waals surface area contributed by atoms with Crippen LogP contribution in [0.2, 0.25) is 0 Å². The highest BCUT2D eigenvalue weighted by Crippen LogP contribution is 2.12. The van der Waals surface area contributed by atoms with Gasteiger partial charge in [0.05, 0.1) is 13.2 Å². The van der Waals surface area contributed by atoms with Crippen molar-refractivity contribution in [3.05, 3.63) is 0 Å². The molecule has 28 heavy (non-hydrogen) atoms. The zero-order chi connectivity index (χ0) is 21.0. The van der Waals surface area contributed by atoms with Crippen molar-refractivity contribution in [2.24, 2.45) is 16.8 Å². The summed E-state index contributed by atoms with van der Waals surface area (Å²) in [5, 5.41) is 6.59. The topological polar surface area (TPSA) is 84.4 Å². The van der Waals surface area contributed by atoms with Crippen LogP contribution in [0.5, 0.6) is 0 Å². The lowest BCUT2D eigenvalue weighted by Crippen LogP contribution is -2.43. The van der Waals surface area contributed by atoms with E-state index in [1.807, 2.05) is 20.8 Å². The first-order valence-electron chi connectivity index (χ1n) is 10.3. The minimum absolute atomic E-state index is 0.257. The Bertz CT molecular complexity index is 473. The number of aliphatic imine (C=N–C) groups is 1. The monoisotopic (exact) mass is 400 g/mol. The van der Waals surface area contributed by atoms with Crippen molar-refractivity contribution in [2.45, 2.75) is 46.1 Å². The number of nitrogens with zero attached hydrogens (tertiary/aromatic N) is 2. The van der Waals surface area contributed by atoms with Gasteiger partial charge in [-0.05, 0) is 39.5 Å². The van der Waals surface area contributed by atoms with Crippen LogP contribution in [0, 0.1) is 11.8 Å². The maximum absolute atomic E-state index is 12.0. The van der Waals surface area contributed by atoms with Gasteiger partial charge in [0.2, 0.25) is 0 Å². The van der Waals surface area contributed by atoms with Gasteiger partial charge in [0, 0.05) is 52.9 Å². The van der Waals surface area contributed by atoms with Gasteiger partial charge in [0.15, 0.2) is 5.96 Å². The van der Waals surface area contributed by atoms with Crippen LogP contribution in [-0.2, 0) is 14.2 Å². The quantitative estimate of drug-likeness (QED) is 0.332. The van der Waals surface area contributed by atoms with Crippen molar-refractivity contribution in [1.29, 1.82) is 0 Å². The number of carbonyl (C=O) groups is 1. The van der Waals surface area contributed by atoms with Crippen LogP contribution in [0.15, 0.2) is 4.99 Å². The molecule has 0 saturated carbocycles. The first-order chi connectivity index (χ1) is 13.2. The fourth-order valence-corrected chi connectivity index (χ4v) is 2.78. The third-order valence-corrected chi connectivity index (χ3v) is 4.27. The molecule has 0 aromatic carbocycles. The van der Waals surface area contributed by atoms with Gasteiger partial charge in [0.25, 0.3) is 0 Å². The third kappa shape index (κ3) is 11.3. The van der Waals surface area contributed by atoms with Gasteiger partial charge in [0.1, 0.15) is 5.60 Å². The zero-order valence-electron chi connectivity index (χ0n) is 18.5. The molecule has 2 atom stereocenters. The second-order valence-corrected chi connectivity index (χ2v) is 8.50. The van der Waals surface area contributed by atoms with Crippen LogP contribution < -0.4 is 10.6 Å². The molecule has 1 rings (SSSR count). The number of rotatable bonds is 10. The number of hydrogen-bond donors (Lipinski definition) is 2. The van der Waals surface area contributed by atoms with E-state index in [1.165, 1.54) is 0 Å². The summed E-state index contributed by atoms with van der Waals surface area (Å²) in [4.78, 5) is 17.9. The molecule has 0 aromatic heterocycles. The molecule has 0 spiro atoms. The predicted octanol–water partition coefficient (Wildman–Crippen LogP) is 2.10. The summed E-state index contributed by atoms with van der Waals surface area (Å²) < 4.78 is 16.4. The lowest BCUT2D eigenvalue weighted by Gasteiger charge is -2.26. The normalized spacial score (nSPS) is 18.6. The third-order valence-electron chi connectivity index (χ3n) is 4.27. The number of nitrogens with one attached hydrogen (secondary N) is 2. The number of ether oxygens (including phenoxy) is 3. The highest BCUT2D eigenvalue weighted by molar-refractivity contribution is 5.79. The molecular formula is C20H40N4O4. The largest absolute Gasteiger partial charge is 0.444 e. The molecule has 1 aliphatic rings. The van der Waals surface area contributed by atoms with Crippen LogP contribution in [0.4, 0.5) is 4.79 Å². The van der Waals surface area contributed by atoms with Crippen LogP contribution in [-0.4, -0.2) is 82.7 Å². The number of guanidine groups is 1. The van der Waals surface area contributed by atoms with E-state index in [-0.39, 0.29) is 12.0 Å². The van der Waals surface area contributed by atoms with Crippen LogP contribution in [0.1, 0.15) is 40.5 Å². The van der Waals surface area contributed by atoms with Crippen molar-refractivity contribution in [1.82, 2.24) is 15.5 Å². The van der Waals surface area contributed by atoms with Crippen LogP contribution in [0.25, 0.3) is 0 Å². The Balaban J connectivity index is 2.12. The molecule has 0 radical (unpaired) electrons. The van der Waals surface area contributed by atoms with Gasteiger partial charge in [-0.15, -0.1) is 0 Å². The van der Waals surface area contributed by atoms with E-state index in [2.05, 4.69) is 22.5 Å². The molecule has 0 bridgehead atoms. The highest BCUT2D eigenvalue weighted by atomic mass is 16.6. The zero-order valence-corrected chi connectivity index (χ0v) is 18.5. The second kappa shape index (κ2) is 12.8. The van der Waals surface area contributed by atoms with E-state index in [0.717, 1.165) is 51.8 Å². The molecule has 2 N–H and O–H groups in total. The molecule has 0 aromatic rings. The molecule has 1 heterocycles. The second-order valence-electron chi connectivity index (χ2n) is 8.50. The van der Waals surface area contributed by atoms with E-state index in [1.54, 1.807) is 19.0 Å². The summed E-state index contributed by atoms with van der Waals surface area (Å²) in [6.45, 7) is 13.0. The summed E-state index contributed by atoms with van der Waals surface area (Å²) >= 11 is 0. The van der Waals surface area contributed by atoms with Gasteiger partial charge in [-0.1, -0.05) is 6.92 Å². The Morgan fingerprint density at radius 3 is 2.71 bits per heavy atom. The average Bonchev–Trinajstić information content (AvgIpc) is 3.12. The van der Waals surface area contributed by atoms with Crippen molar-refractivity contribution in [2.75, 3.05) is 60.2 Å². The summed E-state index contributed by atoms with van der Waals surface area (Å²) in [5.41, 5.74) is -0.479. The Morgan fingerprint density at radius 2 is 2.11 bits per heavy atom. The number of carbonyl (C=O) groups excluding carboxylic acids is 1. The van der Waals surface area contributed by atoms with Gasteiger partial charge >= 0.3 is 6.09 Å². The van der Waals surface area contributed by atoms with E-state index in [4.69, 9.17) is 14.2 Å². The summed E-state index contributed by atoms with van der Waals surface area (Å²) in [7, 11) is 3.51. The lowest BCUT2D eigenvalue weighted by atomic mass is 10.1. The van der Waals surface area contributed by atoms with Crippen molar-refractivity contribution in [3.8, 4) is 0 Å². The molecule has 1 saturated heterocycles. The standard InChI is InChI=1S/C20H40N4O4/c1-16(13-24(6)19(25)28-20(2,3)4)12-23-18(21-5)22-9-7-10-26-14-17-8-11-27-15-17/h16-17H,7-15H2,1-6H3,(H2,21,22,23). The molecule has 1 fully saturated rings. The molecule has 2 unspecified atom stereocenters. The van der Waals surface area contributed by atoms with Gasteiger partial charge in [-0.2, -0.15) is 0 Å². The van der Waals surface area contributed by atoms with E-state index in [9.17, 15) is 4.79 Å². The minimum atomic E-state index is -0.479. The van der Waals surface area contributed by atoms with E-state index in [0.29, 0.717) is 19.0 Å². The van der Waals surface area contributed by atoms with Crippen LogP contribution in [0.3, 0.4) is 0 Å². The first kappa shape index (κ1) is 24.5. The molecule has 0 aliphatic carbocycles. The van der Waals surface area contributed by atoms with Gasteiger partial charge in [-0.3, -0.25) is 4.99 Å². The minimum Gasteiger partial charge on any atom is -0.444 e. The predicted molar refractivity (Wildman–Crippen MR) is 112 cm³/mol. The van der Waals surface area contributed by atoms with Crippen molar-refractivity contribution >= 4 is 12.1 Å². The Labute approximate surface area is 170 Å². The summed E-state index contributed by atoms with van der Waals surface area (Å²) in [5.74, 6) is 1.58.